The van der Waals surface area contributed by atoms with Crippen LogP contribution in [0.1, 0.15) is 34.0 Å². The van der Waals surface area contributed by atoms with Gasteiger partial charge in [-0.25, -0.2) is 9.79 Å². The Morgan fingerprint density at radius 3 is 2.42 bits per heavy atom. The number of benzene rings is 3. The smallest absolute Gasteiger partial charge is 0.338 e. The van der Waals surface area contributed by atoms with Crippen LogP contribution in [0.25, 0.3) is 10.9 Å². The van der Waals surface area contributed by atoms with E-state index in [-0.39, 0.29) is 24.9 Å². The van der Waals surface area contributed by atoms with Gasteiger partial charge >= 0.3 is 5.97 Å². The van der Waals surface area contributed by atoms with E-state index in [0.717, 1.165) is 16.5 Å². The number of carbonyl (C=O) groups excluding carboxylic acids is 2. The molecule has 36 heavy (non-hydrogen) atoms. The molecule has 0 bridgehead atoms. The number of hydrogen-bond acceptors (Lipinski definition) is 6. The zero-order valence-corrected chi connectivity index (χ0v) is 20.2. The Morgan fingerprint density at radius 2 is 1.75 bits per heavy atom. The van der Waals surface area contributed by atoms with Crippen LogP contribution < -0.4 is 5.73 Å². The summed E-state index contributed by atoms with van der Waals surface area (Å²) in [7, 11) is 1.83. The molecule has 1 aromatic heterocycles. The molecule has 0 aliphatic carbocycles. The highest BCUT2D eigenvalue weighted by molar-refractivity contribution is 6.22. The second kappa shape index (κ2) is 10.9. The minimum Gasteiger partial charge on any atom is -0.494 e. The first kappa shape index (κ1) is 24.7. The van der Waals surface area contributed by atoms with Gasteiger partial charge in [-0.2, -0.15) is 0 Å². The van der Waals surface area contributed by atoms with Crippen molar-refractivity contribution in [3.63, 3.8) is 0 Å². The Labute approximate surface area is 209 Å². The number of H-pyrrole nitrogens is 1. The van der Waals surface area contributed by atoms with Crippen molar-refractivity contribution >= 4 is 34.2 Å². The number of aromatic hydroxyl groups is 1. The van der Waals surface area contributed by atoms with Crippen molar-refractivity contribution in [1.82, 2.24) is 9.88 Å². The van der Waals surface area contributed by atoms with Gasteiger partial charge in [0.1, 0.15) is 0 Å². The molecule has 0 aliphatic heterocycles. The summed E-state index contributed by atoms with van der Waals surface area (Å²) in [6, 6.07) is 22.4. The molecule has 184 valence electrons. The van der Waals surface area contributed by atoms with Gasteiger partial charge in [0.25, 0.3) is 0 Å². The fourth-order valence-electron chi connectivity index (χ4n) is 4.06. The lowest BCUT2D eigenvalue weighted by molar-refractivity contribution is -0.118. The normalized spacial score (nSPS) is 11.7. The Kier molecular flexibility index (Phi) is 7.46. The third-order valence-corrected chi connectivity index (χ3v) is 5.63. The number of nitrogens with zero attached hydrogens (tertiary/aromatic N) is 2. The van der Waals surface area contributed by atoms with Crippen LogP contribution in [-0.2, 0) is 16.1 Å². The SMILES string of the molecule is CCOC(=O)c1ccc2c(C(=Nc3ccc(CN(C)CC(N)=O)cc3)c3ccccc3)c(O)[nH]c2c1. The standard InChI is InChI=1S/C28H28N4O4/c1-3-36-28(35)20-11-14-22-23(15-20)31-27(34)25(22)26(19-7-5-4-6-8-19)30-21-12-9-18(10-13-21)16-32(2)17-24(29)33/h4-15,31,34H,3,16-17H2,1-2H3,(H2,29,33). The number of primary amides is 1. The number of amides is 1. The first-order valence-electron chi connectivity index (χ1n) is 11.6. The molecule has 8 nitrogen and oxygen atoms in total. The van der Waals surface area contributed by atoms with E-state index in [0.29, 0.717) is 34.6 Å². The number of esters is 1. The lowest BCUT2D eigenvalue weighted by atomic mass is 10.00. The van der Waals surface area contributed by atoms with Crippen molar-refractivity contribution in [2.45, 2.75) is 13.5 Å². The minimum absolute atomic E-state index is 0.0432. The molecule has 0 radical (unpaired) electrons. The summed E-state index contributed by atoms with van der Waals surface area (Å²) in [4.78, 5) is 33.0. The summed E-state index contributed by atoms with van der Waals surface area (Å²) in [5.74, 6) is -0.842. The third kappa shape index (κ3) is 5.61. The van der Waals surface area contributed by atoms with E-state index in [1.165, 1.54) is 0 Å². The van der Waals surface area contributed by atoms with Gasteiger partial charge in [-0.3, -0.25) is 9.69 Å². The topological polar surface area (TPSA) is 121 Å². The molecule has 0 saturated heterocycles. The summed E-state index contributed by atoms with van der Waals surface area (Å²) in [5, 5.41) is 11.6. The van der Waals surface area contributed by atoms with Crippen LogP contribution in [0.2, 0.25) is 0 Å². The molecule has 1 heterocycles. The van der Waals surface area contributed by atoms with E-state index in [1.54, 1.807) is 25.1 Å². The molecule has 0 saturated carbocycles. The first-order chi connectivity index (χ1) is 17.4. The van der Waals surface area contributed by atoms with Gasteiger partial charge in [0.05, 0.1) is 35.7 Å². The maximum Gasteiger partial charge on any atom is 0.338 e. The molecule has 4 aromatic rings. The number of nitrogens with two attached hydrogens (primary N) is 1. The fourth-order valence-corrected chi connectivity index (χ4v) is 4.06. The van der Waals surface area contributed by atoms with Gasteiger partial charge in [0, 0.05) is 23.0 Å². The van der Waals surface area contributed by atoms with Crippen molar-refractivity contribution in [2.75, 3.05) is 20.2 Å². The average Bonchev–Trinajstić information content (AvgIpc) is 3.18. The fraction of sp³-hybridized carbons (Fsp3) is 0.179. The third-order valence-electron chi connectivity index (χ3n) is 5.63. The summed E-state index contributed by atoms with van der Waals surface area (Å²) >= 11 is 0. The highest BCUT2D eigenvalue weighted by Crippen LogP contribution is 2.32. The molecule has 8 heteroatoms. The number of carbonyl (C=O) groups is 2. The van der Waals surface area contributed by atoms with Crippen LogP contribution in [0.4, 0.5) is 5.69 Å². The van der Waals surface area contributed by atoms with E-state index in [4.69, 9.17) is 15.5 Å². The quantitative estimate of drug-likeness (QED) is 0.244. The van der Waals surface area contributed by atoms with E-state index < -0.39 is 5.97 Å². The van der Waals surface area contributed by atoms with Crippen molar-refractivity contribution in [2.24, 2.45) is 10.7 Å². The van der Waals surface area contributed by atoms with Crippen LogP contribution in [0.5, 0.6) is 5.88 Å². The molecule has 0 unspecified atom stereocenters. The molecule has 3 aromatic carbocycles. The van der Waals surface area contributed by atoms with Gasteiger partial charge in [-0.1, -0.05) is 48.5 Å². The second-order valence-corrected chi connectivity index (χ2v) is 8.46. The summed E-state index contributed by atoms with van der Waals surface area (Å²) < 4.78 is 5.10. The van der Waals surface area contributed by atoms with Crippen molar-refractivity contribution < 1.29 is 19.4 Å². The molecular formula is C28H28N4O4. The molecule has 0 aliphatic rings. The summed E-state index contributed by atoms with van der Waals surface area (Å²) in [6.07, 6.45) is 0. The zero-order chi connectivity index (χ0) is 25.7. The molecule has 1 amide bonds. The highest BCUT2D eigenvalue weighted by Gasteiger charge is 2.20. The molecule has 0 fully saturated rings. The highest BCUT2D eigenvalue weighted by atomic mass is 16.5. The monoisotopic (exact) mass is 484 g/mol. The van der Waals surface area contributed by atoms with Gasteiger partial charge < -0.3 is 20.6 Å². The predicted octanol–water partition coefficient (Wildman–Crippen LogP) is 4.14. The van der Waals surface area contributed by atoms with Gasteiger partial charge in [0.2, 0.25) is 5.91 Å². The lowest BCUT2D eigenvalue weighted by Gasteiger charge is -2.14. The molecular weight excluding hydrogens is 456 g/mol. The van der Waals surface area contributed by atoms with Crippen molar-refractivity contribution in [1.29, 1.82) is 0 Å². The van der Waals surface area contributed by atoms with E-state index in [9.17, 15) is 14.7 Å². The van der Waals surface area contributed by atoms with Crippen LogP contribution in [0.3, 0.4) is 0 Å². The van der Waals surface area contributed by atoms with E-state index in [1.807, 2.05) is 66.5 Å². The second-order valence-electron chi connectivity index (χ2n) is 8.46. The van der Waals surface area contributed by atoms with Crippen molar-refractivity contribution in [3.8, 4) is 5.88 Å². The number of nitrogens with one attached hydrogen (secondary N) is 1. The number of ether oxygens (including phenoxy) is 1. The summed E-state index contributed by atoms with van der Waals surface area (Å²) in [5.41, 5.74) is 9.93. The van der Waals surface area contributed by atoms with Gasteiger partial charge in [-0.15, -0.1) is 0 Å². The van der Waals surface area contributed by atoms with Gasteiger partial charge in [-0.05, 0) is 43.8 Å². The van der Waals surface area contributed by atoms with E-state index >= 15 is 0 Å². The number of fused-ring (bicyclic) bond motifs is 1. The van der Waals surface area contributed by atoms with Crippen LogP contribution in [0, 0.1) is 0 Å². The largest absolute Gasteiger partial charge is 0.494 e. The number of hydrogen-bond donors (Lipinski definition) is 3. The Balaban J connectivity index is 1.74. The van der Waals surface area contributed by atoms with Crippen molar-refractivity contribution in [3.05, 3.63) is 95.1 Å². The van der Waals surface area contributed by atoms with Crippen LogP contribution in [-0.4, -0.2) is 52.8 Å². The number of aliphatic imine (C=N–C) groups is 1. The first-order valence-corrected chi connectivity index (χ1v) is 11.6. The number of likely N-dealkylation sites (N-methyl/N-ethyl adjacent to an activating group) is 1. The summed E-state index contributed by atoms with van der Waals surface area (Å²) in [6.45, 7) is 2.78. The average molecular weight is 485 g/mol. The molecule has 0 atom stereocenters. The van der Waals surface area contributed by atoms with E-state index in [2.05, 4.69) is 4.98 Å². The van der Waals surface area contributed by atoms with Gasteiger partial charge in [0.15, 0.2) is 5.88 Å². The number of aromatic nitrogens is 1. The minimum atomic E-state index is -0.423. The molecule has 4 rings (SSSR count). The Hall–Kier alpha value is -4.43. The number of aromatic amines is 1. The Bertz CT molecular complexity index is 1410. The predicted molar refractivity (Wildman–Crippen MR) is 140 cm³/mol. The molecule has 0 spiro atoms. The van der Waals surface area contributed by atoms with Crippen LogP contribution >= 0.6 is 0 Å². The zero-order valence-electron chi connectivity index (χ0n) is 20.2. The maximum atomic E-state index is 12.2. The molecule has 4 N–H and O–H groups in total. The van der Waals surface area contributed by atoms with Crippen LogP contribution in [0.15, 0.2) is 77.8 Å². The lowest BCUT2D eigenvalue weighted by Crippen LogP contribution is -2.30. The maximum absolute atomic E-state index is 12.2. The number of rotatable bonds is 9. The Morgan fingerprint density at radius 1 is 1.03 bits per heavy atom.